The first-order valence-electron chi connectivity index (χ1n) is 8.71. The Morgan fingerprint density at radius 3 is 2.64 bits per heavy atom. The van der Waals surface area contributed by atoms with E-state index in [9.17, 15) is 9.59 Å². The van der Waals surface area contributed by atoms with Crippen LogP contribution in [0.25, 0.3) is 10.8 Å². The van der Waals surface area contributed by atoms with Gasteiger partial charge in [0.15, 0.2) is 12.3 Å². The number of hydrogen-bond acceptors (Lipinski definition) is 5. The summed E-state index contributed by atoms with van der Waals surface area (Å²) in [6.45, 7) is 3.47. The van der Waals surface area contributed by atoms with Crippen molar-refractivity contribution in [3.8, 4) is 5.75 Å². The van der Waals surface area contributed by atoms with Crippen LogP contribution in [0.5, 0.6) is 5.75 Å². The van der Waals surface area contributed by atoms with Gasteiger partial charge in [0.1, 0.15) is 17.4 Å². The molecule has 1 aromatic heterocycles. The van der Waals surface area contributed by atoms with Crippen molar-refractivity contribution in [3.05, 3.63) is 52.4 Å². The molecule has 3 rings (SSSR count). The van der Waals surface area contributed by atoms with Gasteiger partial charge in [-0.3, -0.25) is 4.79 Å². The summed E-state index contributed by atoms with van der Waals surface area (Å²) in [6.07, 6.45) is 0. The summed E-state index contributed by atoms with van der Waals surface area (Å²) in [6, 6.07) is 11.5. The minimum atomic E-state index is -0.580. The topological polar surface area (TPSA) is 82.5 Å². The molecule has 3 aromatic rings. The molecule has 0 aliphatic rings. The molecular formula is C20H20BrN3O4. The zero-order valence-electron chi connectivity index (χ0n) is 15.8. The molecule has 0 radical (unpaired) electrons. The van der Waals surface area contributed by atoms with E-state index in [0.717, 1.165) is 15.2 Å². The molecule has 0 saturated carbocycles. The van der Waals surface area contributed by atoms with E-state index in [1.165, 1.54) is 0 Å². The van der Waals surface area contributed by atoms with E-state index < -0.39 is 11.9 Å². The van der Waals surface area contributed by atoms with Gasteiger partial charge in [0.05, 0.1) is 6.61 Å². The molecule has 0 spiro atoms. The molecule has 1 heterocycles. The first-order valence-corrected chi connectivity index (χ1v) is 9.50. The summed E-state index contributed by atoms with van der Waals surface area (Å²) < 4.78 is 13.2. The second-order valence-electron chi connectivity index (χ2n) is 6.13. The molecule has 146 valence electrons. The first kappa shape index (κ1) is 19.9. The third-order valence-electron chi connectivity index (χ3n) is 4.19. The number of rotatable bonds is 6. The van der Waals surface area contributed by atoms with Gasteiger partial charge in [-0.1, -0.05) is 28.1 Å². The molecular weight excluding hydrogens is 426 g/mol. The second-order valence-corrected chi connectivity index (χ2v) is 7.04. The number of halogens is 1. The van der Waals surface area contributed by atoms with E-state index in [4.69, 9.17) is 9.47 Å². The van der Waals surface area contributed by atoms with Crippen LogP contribution in [0.1, 0.15) is 23.2 Å². The Morgan fingerprint density at radius 1 is 1.18 bits per heavy atom. The second kappa shape index (κ2) is 8.43. The Bertz CT molecular complexity index is 1050. The average Bonchev–Trinajstić information content (AvgIpc) is 2.95. The van der Waals surface area contributed by atoms with Gasteiger partial charge < -0.3 is 19.4 Å². The number of carbonyl (C=O) groups excluding carboxylic acids is 2. The monoisotopic (exact) mass is 445 g/mol. The van der Waals surface area contributed by atoms with Gasteiger partial charge in [-0.05, 0) is 48.9 Å². The number of anilines is 1. The summed E-state index contributed by atoms with van der Waals surface area (Å²) >= 11 is 3.44. The van der Waals surface area contributed by atoms with Gasteiger partial charge >= 0.3 is 5.97 Å². The van der Waals surface area contributed by atoms with Crippen molar-refractivity contribution < 1.29 is 19.1 Å². The Hall–Kier alpha value is -2.87. The van der Waals surface area contributed by atoms with E-state index in [-0.39, 0.29) is 24.7 Å². The minimum absolute atomic E-state index is 0.0754. The zero-order chi connectivity index (χ0) is 20.3. The summed E-state index contributed by atoms with van der Waals surface area (Å²) in [5.74, 6) is 0.470. The summed E-state index contributed by atoms with van der Waals surface area (Å²) in [5, 5.41) is 4.76. The van der Waals surface area contributed by atoms with Crippen LogP contribution in [0, 0.1) is 6.92 Å². The van der Waals surface area contributed by atoms with E-state index in [0.29, 0.717) is 11.6 Å². The number of ether oxygens (including phenoxy) is 2. The third-order valence-corrected chi connectivity index (χ3v) is 4.68. The highest BCUT2D eigenvalue weighted by Crippen LogP contribution is 2.24. The van der Waals surface area contributed by atoms with Gasteiger partial charge in [-0.15, -0.1) is 0 Å². The van der Waals surface area contributed by atoms with Gasteiger partial charge in [-0.25, -0.2) is 9.78 Å². The highest BCUT2D eigenvalue weighted by Gasteiger charge is 2.22. The number of carbonyl (C=O) groups is 2. The fourth-order valence-electron chi connectivity index (χ4n) is 2.70. The number of imidazole rings is 1. The van der Waals surface area contributed by atoms with Crippen LogP contribution in [0.2, 0.25) is 0 Å². The molecule has 2 aromatic carbocycles. The zero-order valence-corrected chi connectivity index (χ0v) is 17.4. The van der Waals surface area contributed by atoms with E-state index in [1.54, 1.807) is 31.5 Å². The van der Waals surface area contributed by atoms with Gasteiger partial charge in [0, 0.05) is 11.5 Å². The number of fused-ring (bicyclic) bond motifs is 1. The van der Waals surface area contributed by atoms with Crippen LogP contribution < -0.4 is 10.1 Å². The van der Waals surface area contributed by atoms with Crippen LogP contribution in [0.4, 0.5) is 5.82 Å². The quantitative estimate of drug-likeness (QED) is 0.582. The highest BCUT2D eigenvalue weighted by molar-refractivity contribution is 9.10. The number of amides is 1. The predicted octanol–water partition coefficient (Wildman–Crippen LogP) is 3.84. The van der Waals surface area contributed by atoms with Crippen LogP contribution in [-0.2, 0) is 16.6 Å². The predicted molar refractivity (Wildman–Crippen MR) is 110 cm³/mol. The fraction of sp³-hybridized carbons (Fsp3) is 0.250. The number of nitrogens with zero attached hydrogens (tertiary/aromatic N) is 2. The molecule has 0 fully saturated rings. The van der Waals surface area contributed by atoms with Crippen molar-refractivity contribution in [2.75, 3.05) is 18.5 Å². The lowest BCUT2D eigenvalue weighted by atomic mass is 10.1. The lowest BCUT2D eigenvalue weighted by molar-refractivity contribution is -0.118. The SMILES string of the molecule is CCOC(=O)c1nc(C)n(C)c1NC(=O)COc1ccc2cc(Br)ccc2c1. The average molecular weight is 446 g/mol. The van der Waals surface area contributed by atoms with Crippen LogP contribution in [0.15, 0.2) is 40.9 Å². The lowest BCUT2D eigenvalue weighted by Crippen LogP contribution is -2.23. The number of aromatic nitrogens is 2. The van der Waals surface area contributed by atoms with Crippen LogP contribution >= 0.6 is 15.9 Å². The minimum Gasteiger partial charge on any atom is -0.484 e. The van der Waals surface area contributed by atoms with Crippen LogP contribution in [-0.4, -0.2) is 34.6 Å². The maximum Gasteiger partial charge on any atom is 0.360 e. The molecule has 0 unspecified atom stereocenters. The van der Waals surface area contributed by atoms with Crippen molar-refractivity contribution in [1.29, 1.82) is 0 Å². The highest BCUT2D eigenvalue weighted by atomic mass is 79.9. The molecule has 28 heavy (non-hydrogen) atoms. The number of nitrogens with one attached hydrogen (secondary N) is 1. The largest absolute Gasteiger partial charge is 0.484 e. The Labute approximate surface area is 170 Å². The smallest absolute Gasteiger partial charge is 0.360 e. The maximum atomic E-state index is 12.4. The number of esters is 1. The Morgan fingerprint density at radius 2 is 1.89 bits per heavy atom. The molecule has 0 aliphatic carbocycles. The molecule has 7 nitrogen and oxygen atoms in total. The number of benzene rings is 2. The van der Waals surface area contributed by atoms with Crippen molar-refractivity contribution in [2.24, 2.45) is 7.05 Å². The molecule has 1 amide bonds. The molecule has 0 bridgehead atoms. The van der Waals surface area contributed by atoms with Crippen molar-refractivity contribution in [1.82, 2.24) is 9.55 Å². The third kappa shape index (κ3) is 4.33. The van der Waals surface area contributed by atoms with E-state index >= 15 is 0 Å². The number of hydrogen-bond donors (Lipinski definition) is 1. The van der Waals surface area contributed by atoms with Gasteiger partial charge in [0.25, 0.3) is 5.91 Å². The molecule has 0 saturated heterocycles. The van der Waals surface area contributed by atoms with Gasteiger partial charge in [0.2, 0.25) is 0 Å². The number of aryl methyl sites for hydroxylation is 1. The normalized spacial score (nSPS) is 10.7. The molecule has 1 N–H and O–H groups in total. The van der Waals surface area contributed by atoms with Crippen molar-refractivity contribution >= 4 is 44.4 Å². The van der Waals surface area contributed by atoms with E-state index in [2.05, 4.69) is 26.2 Å². The van der Waals surface area contributed by atoms with E-state index in [1.807, 2.05) is 30.3 Å². The van der Waals surface area contributed by atoms with Crippen molar-refractivity contribution in [3.63, 3.8) is 0 Å². The first-order chi connectivity index (χ1) is 13.4. The van der Waals surface area contributed by atoms with Gasteiger partial charge in [-0.2, -0.15) is 0 Å². The van der Waals surface area contributed by atoms with Crippen LogP contribution in [0.3, 0.4) is 0 Å². The van der Waals surface area contributed by atoms with Crippen molar-refractivity contribution in [2.45, 2.75) is 13.8 Å². The summed E-state index contributed by atoms with van der Waals surface area (Å²) in [4.78, 5) is 28.6. The fourth-order valence-corrected chi connectivity index (χ4v) is 3.08. The molecule has 0 atom stereocenters. The Kier molecular flexibility index (Phi) is 5.99. The molecule has 8 heteroatoms. The summed E-state index contributed by atoms with van der Waals surface area (Å²) in [5.41, 5.74) is 0.0754. The maximum absolute atomic E-state index is 12.4. The Balaban J connectivity index is 1.69. The standard InChI is InChI=1S/C20H20BrN3O4/c1-4-27-20(26)18-19(24(3)12(2)22-18)23-17(25)11-28-16-8-6-13-9-15(21)7-5-14(13)10-16/h5-10H,4,11H2,1-3H3,(H,23,25). The summed E-state index contributed by atoms with van der Waals surface area (Å²) in [7, 11) is 1.71. The molecule has 0 aliphatic heterocycles. The lowest BCUT2D eigenvalue weighted by Gasteiger charge is -2.10.